The van der Waals surface area contributed by atoms with Gasteiger partial charge in [-0.2, -0.15) is 0 Å². The smallest absolute Gasteiger partial charge is 0.265 e. The van der Waals surface area contributed by atoms with Crippen LogP contribution in [0.4, 0.5) is 4.39 Å². The molecule has 0 aromatic heterocycles. The van der Waals surface area contributed by atoms with Gasteiger partial charge in [-0.25, -0.2) is 4.39 Å². The van der Waals surface area contributed by atoms with Gasteiger partial charge in [0.15, 0.2) is 18.1 Å². The number of benzene rings is 2. The Kier molecular flexibility index (Phi) is 6.23. The second-order valence-electron chi connectivity index (χ2n) is 9.42. The van der Waals surface area contributed by atoms with Gasteiger partial charge in [0.25, 0.3) is 11.8 Å². The quantitative estimate of drug-likeness (QED) is 0.558. The summed E-state index contributed by atoms with van der Waals surface area (Å²) in [5, 5.41) is 17.0. The molecule has 1 aliphatic heterocycles. The maximum Gasteiger partial charge on any atom is 0.265 e. The van der Waals surface area contributed by atoms with E-state index in [2.05, 4.69) is 10.6 Å². The normalized spacial score (nSPS) is 28.8. The van der Waals surface area contributed by atoms with Crippen molar-refractivity contribution >= 4 is 23.4 Å². The van der Waals surface area contributed by atoms with Crippen LogP contribution in [0.3, 0.4) is 0 Å². The second kappa shape index (κ2) is 9.20. The Morgan fingerprint density at radius 2 is 1.86 bits per heavy atom. The fraction of sp³-hybridized carbons (Fsp3) is 0.440. The summed E-state index contributed by atoms with van der Waals surface area (Å²) in [7, 11) is 0. The zero-order valence-electron chi connectivity index (χ0n) is 18.9. The van der Waals surface area contributed by atoms with E-state index in [0.29, 0.717) is 43.6 Å². The fourth-order valence-electron chi connectivity index (χ4n) is 5.18. The molecule has 3 N–H and O–H groups in total. The molecule has 3 fully saturated rings. The van der Waals surface area contributed by atoms with Crippen molar-refractivity contribution in [3.05, 3.63) is 53.3 Å². The molecule has 6 rings (SSSR count). The van der Waals surface area contributed by atoms with Crippen molar-refractivity contribution in [2.24, 2.45) is 0 Å². The van der Waals surface area contributed by atoms with Crippen LogP contribution >= 0.6 is 11.6 Å². The average Bonchev–Trinajstić information content (AvgIpc) is 2.85. The second-order valence-corrected chi connectivity index (χ2v) is 9.83. The molecule has 3 aliphatic carbocycles. The van der Waals surface area contributed by atoms with Crippen LogP contribution in [0.15, 0.2) is 42.5 Å². The van der Waals surface area contributed by atoms with Gasteiger partial charge >= 0.3 is 0 Å². The molecule has 8 nitrogen and oxygen atoms in total. The van der Waals surface area contributed by atoms with E-state index < -0.39 is 29.1 Å². The van der Waals surface area contributed by atoms with Crippen molar-refractivity contribution in [1.82, 2.24) is 10.6 Å². The van der Waals surface area contributed by atoms with Gasteiger partial charge < -0.3 is 30.0 Å². The predicted molar refractivity (Wildman–Crippen MR) is 124 cm³/mol. The van der Waals surface area contributed by atoms with Crippen LogP contribution in [0, 0.1) is 5.82 Å². The lowest BCUT2D eigenvalue weighted by Gasteiger charge is -2.56. The minimum absolute atomic E-state index is 0.0259. The summed E-state index contributed by atoms with van der Waals surface area (Å²) in [6.45, 7) is -0.201. The van der Waals surface area contributed by atoms with Crippen molar-refractivity contribution in [2.75, 3.05) is 13.2 Å². The van der Waals surface area contributed by atoms with Crippen molar-refractivity contribution in [3.8, 4) is 17.2 Å². The number of para-hydroxylation sites is 2. The highest BCUT2D eigenvalue weighted by molar-refractivity contribution is 6.30. The van der Waals surface area contributed by atoms with Crippen LogP contribution in [0.25, 0.3) is 0 Å². The van der Waals surface area contributed by atoms with E-state index in [0.717, 1.165) is 6.07 Å². The molecule has 35 heavy (non-hydrogen) atoms. The number of ether oxygens (including phenoxy) is 3. The number of nitrogens with one attached hydrogen (secondary N) is 2. The molecule has 0 unspecified atom stereocenters. The molecule has 2 bridgehead atoms. The van der Waals surface area contributed by atoms with E-state index in [9.17, 15) is 19.1 Å². The van der Waals surface area contributed by atoms with E-state index in [1.807, 2.05) is 6.07 Å². The molecule has 0 spiro atoms. The lowest BCUT2D eigenvalue weighted by Crippen LogP contribution is -2.71. The van der Waals surface area contributed by atoms with Crippen molar-refractivity contribution in [1.29, 1.82) is 0 Å². The van der Waals surface area contributed by atoms with Gasteiger partial charge in [-0.1, -0.05) is 23.7 Å². The number of hydrogen-bond donors (Lipinski definition) is 3. The maximum atomic E-state index is 13.6. The van der Waals surface area contributed by atoms with Crippen LogP contribution in [0.1, 0.15) is 32.1 Å². The number of rotatable bonds is 6. The number of amides is 2. The lowest BCUT2D eigenvalue weighted by molar-refractivity contribution is -0.141. The zero-order valence-corrected chi connectivity index (χ0v) is 19.6. The largest absolute Gasteiger partial charge is 0.485 e. The maximum absolute atomic E-state index is 13.6. The van der Waals surface area contributed by atoms with Gasteiger partial charge in [0.2, 0.25) is 6.10 Å². The summed E-state index contributed by atoms with van der Waals surface area (Å²) in [6, 6.07) is 11.1. The monoisotopic (exact) mass is 504 g/mol. The van der Waals surface area contributed by atoms with E-state index >= 15 is 0 Å². The molecular formula is C25H26ClFN2O6. The number of hydrogen-bond acceptors (Lipinski definition) is 6. The Bertz CT molecular complexity index is 1140. The Balaban J connectivity index is 1.16. The molecule has 3 saturated carbocycles. The Labute approximate surface area is 206 Å². The van der Waals surface area contributed by atoms with Crippen LogP contribution in [-0.4, -0.2) is 53.4 Å². The summed E-state index contributed by atoms with van der Waals surface area (Å²) in [5.41, 5.74) is -1.36. The average molecular weight is 505 g/mol. The molecule has 2 aromatic rings. The molecule has 2 amide bonds. The molecular weight excluding hydrogens is 479 g/mol. The molecule has 0 saturated heterocycles. The number of carbonyl (C=O) groups excluding carboxylic acids is 2. The van der Waals surface area contributed by atoms with Crippen molar-refractivity contribution in [2.45, 2.75) is 55.4 Å². The number of fused-ring (bicyclic) bond motifs is 4. The third-order valence-corrected chi connectivity index (χ3v) is 7.47. The Hall–Kier alpha value is -3.04. The SMILES string of the molecule is O=C(COc1ccc(Cl)c(F)c1)NC12CCC(NC(=O)[C@H]3COc4ccccc4O3)(CC1)[C@@H](O)C2. The van der Waals surface area contributed by atoms with Crippen molar-refractivity contribution < 1.29 is 33.3 Å². The fourth-order valence-corrected chi connectivity index (χ4v) is 5.30. The zero-order chi connectivity index (χ0) is 24.6. The van der Waals surface area contributed by atoms with E-state index in [-0.39, 0.29) is 35.8 Å². The first-order valence-electron chi connectivity index (χ1n) is 11.6. The van der Waals surface area contributed by atoms with Gasteiger partial charge in [0.05, 0.1) is 16.7 Å². The molecule has 10 heteroatoms. The van der Waals surface area contributed by atoms with Crippen LogP contribution in [0.2, 0.25) is 5.02 Å². The standard InChI is InChI=1S/C25H26ClFN2O6/c26-16-6-5-15(11-17(16)27)33-14-22(31)28-24-7-9-25(10-8-24,21(30)12-24)29-23(32)20-13-34-18-3-1-2-4-19(18)35-20/h1-6,11,20-21,30H,7-10,12-14H2,(H,28,31)(H,29,32)/t20-,21+,24?,25?/m1/s1. The molecule has 4 aliphatic rings. The lowest BCUT2D eigenvalue weighted by atomic mass is 9.60. The third-order valence-electron chi connectivity index (χ3n) is 7.16. The van der Waals surface area contributed by atoms with Crippen LogP contribution in [-0.2, 0) is 9.59 Å². The topological polar surface area (TPSA) is 106 Å². The summed E-state index contributed by atoms with van der Waals surface area (Å²) in [5.74, 6) is -0.0212. The van der Waals surface area contributed by atoms with Gasteiger partial charge in [-0.3, -0.25) is 9.59 Å². The van der Waals surface area contributed by atoms with Gasteiger partial charge in [0, 0.05) is 11.6 Å². The van der Waals surface area contributed by atoms with Gasteiger partial charge in [0.1, 0.15) is 18.2 Å². The molecule has 0 radical (unpaired) electrons. The molecule has 1 heterocycles. The Morgan fingerprint density at radius 3 is 2.57 bits per heavy atom. The van der Waals surface area contributed by atoms with E-state index in [1.165, 1.54) is 12.1 Å². The highest BCUT2D eigenvalue weighted by Crippen LogP contribution is 2.47. The summed E-state index contributed by atoms with van der Waals surface area (Å²) >= 11 is 5.66. The highest BCUT2D eigenvalue weighted by atomic mass is 35.5. The first-order valence-corrected chi connectivity index (χ1v) is 11.9. The van der Waals surface area contributed by atoms with Crippen molar-refractivity contribution in [3.63, 3.8) is 0 Å². The summed E-state index contributed by atoms with van der Waals surface area (Å²) in [4.78, 5) is 25.5. The molecule has 2 aromatic carbocycles. The Morgan fingerprint density at radius 1 is 1.11 bits per heavy atom. The summed E-state index contributed by atoms with van der Waals surface area (Å²) in [6.07, 6.45) is 0.861. The highest BCUT2D eigenvalue weighted by Gasteiger charge is 2.55. The first kappa shape index (κ1) is 23.7. The minimum Gasteiger partial charge on any atom is -0.485 e. The number of aliphatic hydroxyl groups is 1. The van der Waals surface area contributed by atoms with Gasteiger partial charge in [-0.15, -0.1) is 0 Å². The van der Waals surface area contributed by atoms with Crippen LogP contribution in [0.5, 0.6) is 17.2 Å². The van der Waals surface area contributed by atoms with Gasteiger partial charge in [-0.05, 0) is 56.4 Å². The number of carbonyl (C=O) groups is 2. The molecule has 186 valence electrons. The minimum atomic E-state index is -0.836. The van der Waals surface area contributed by atoms with E-state index in [4.69, 9.17) is 25.8 Å². The number of halogens is 2. The van der Waals surface area contributed by atoms with E-state index in [1.54, 1.807) is 18.2 Å². The molecule has 2 atom stereocenters. The van der Waals surface area contributed by atoms with Crippen LogP contribution < -0.4 is 24.8 Å². The first-order chi connectivity index (χ1) is 16.8. The third kappa shape index (κ3) is 4.75. The predicted octanol–water partition coefficient (Wildman–Crippen LogP) is 2.75. The number of aliphatic hydroxyl groups excluding tert-OH is 1. The summed E-state index contributed by atoms with van der Waals surface area (Å²) < 4.78 is 30.4.